The molecule has 1 unspecified atom stereocenters. The van der Waals surface area contributed by atoms with Crippen molar-refractivity contribution in [2.75, 3.05) is 5.32 Å². The lowest BCUT2D eigenvalue weighted by atomic mass is 10.1. The standard InChI is InChI=1S/C16H19NO.ClH/c1-13(11-12-14-7-3-2-4-8-14)17-15-9-5-6-10-16(15)18;/h2-10,13,17-18H,11-12H2,1H3;1H. The number of phenols is 1. The van der Waals surface area contributed by atoms with Crippen LogP contribution in [0.2, 0.25) is 0 Å². The first-order chi connectivity index (χ1) is 8.75. The zero-order chi connectivity index (χ0) is 12.8. The van der Waals surface area contributed by atoms with Crippen molar-refractivity contribution in [2.45, 2.75) is 25.8 Å². The first-order valence-electron chi connectivity index (χ1n) is 6.34. The van der Waals surface area contributed by atoms with Crippen molar-refractivity contribution in [1.82, 2.24) is 0 Å². The topological polar surface area (TPSA) is 32.3 Å². The van der Waals surface area contributed by atoms with E-state index in [-0.39, 0.29) is 12.4 Å². The molecule has 1 atom stereocenters. The third kappa shape index (κ3) is 4.84. The highest BCUT2D eigenvalue weighted by molar-refractivity contribution is 5.85. The number of benzene rings is 2. The summed E-state index contributed by atoms with van der Waals surface area (Å²) < 4.78 is 0. The van der Waals surface area contributed by atoms with Crippen molar-refractivity contribution in [2.24, 2.45) is 0 Å². The van der Waals surface area contributed by atoms with Crippen molar-refractivity contribution < 1.29 is 5.11 Å². The normalized spacial score (nSPS) is 11.4. The monoisotopic (exact) mass is 277 g/mol. The molecule has 0 fully saturated rings. The zero-order valence-electron chi connectivity index (χ0n) is 11.0. The van der Waals surface area contributed by atoms with Gasteiger partial charge in [0.15, 0.2) is 0 Å². The number of aromatic hydroxyl groups is 1. The van der Waals surface area contributed by atoms with E-state index in [4.69, 9.17) is 0 Å². The lowest BCUT2D eigenvalue weighted by Gasteiger charge is -2.16. The van der Waals surface area contributed by atoms with Crippen LogP contribution in [0, 0.1) is 0 Å². The molecule has 2 rings (SSSR count). The lowest BCUT2D eigenvalue weighted by molar-refractivity contribution is 0.476. The molecule has 0 saturated heterocycles. The van der Waals surface area contributed by atoms with Crippen LogP contribution in [0.25, 0.3) is 0 Å². The van der Waals surface area contributed by atoms with Crippen molar-refractivity contribution in [3.63, 3.8) is 0 Å². The van der Waals surface area contributed by atoms with E-state index in [1.54, 1.807) is 6.07 Å². The average molecular weight is 278 g/mol. The van der Waals surface area contributed by atoms with Crippen LogP contribution in [0.3, 0.4) is 0 Å². The Morgan fingerprint density at radius 3 is 2.32 bits per heavy atom. The van der Waals surface area contributed by atoms with E-state index in [1.807, 2.05) is 24.3 Å². The van der Waals surface area contributed by atoms with Gasteiger partial charge >= 0.3 is 0 Å². The fourth-order valence-corrected chi connectivity index (χ4v) is 1.96. The third-order valence-corrected chi connectivity index (χ3v) is 3.01. The average Bonchev–Trinajstić information content (AvgIpc) is 2.40. The number of para-hydroxylation sites is 2. The summed E-state index contributed by atoms with van der Waals surface area (Å²) in [5.41, 5.74) is 2.15. The summed E-state index contributed by atoms with van der Waals surface area (Å²) in [5.74, 6) is 0.309. The fourth-order valence-electron chi connectivity index (χ4n) is 1.96. The molecule has 0 aliphatic carbocycles. The van der Waals surface area contributed by atoms with E-state index in [9.17, 15) is 5.11 Å². The second-order valence-electron chi connectivity index (χ2n) is 4.59. The molecule has 0 aliphatic heterocycles. The van der Waals surface area contributed by atoms with Gasteiger partial charge in [-0.25, -0.2) is 0 Å². The number of nitrogens with one attached hydrogen (secondary N) is 1. The Labute approximate surface area is 120 Å². The molecule has 102 valence electrons. The summed E-state index contributed by atoms with van der Waals surface area (Å²) in [6.07, 6.45) is 2.08. The Balaban J connectivity index is 0.00000180. The molecule has 2 N–H and O–H groups in total. The quantitative estimate of drug-likeness (QED) is 0.801. The second kappa shape index (κ2) is 7.70. The van der Waals surface area contributed by atoms with Gasteiger partial charge in [-0.2, -0.15) is 0 Å². The molecule has 0 heterocycles. The van der Waals surface area contributed by atoms with Crippen LogP contribution < -0.4 is 5.32 Å². The Hall–Kier alpha value is -1.67. The smallest absolute Gasteiger partial charge is 0.138 e. The van der Waals surface area contributed by atoms with Gasteiger partial charge in [-0.15, -0.1) is 12.4 Å². The summed E-state index contributed by atoms with van der Waals surface area (Å²) in [6.45, 7) is 2.13. The number of aryl methyl sites for hydroxylation is 1. The van der Waals surface area contributed by atoms with E-state index >= 15 is 0 Å². The minimum atomic E-state index is 0. The van der Waals surface area contributed by atoms with Crippen LogP contribution in [-0.2, 0) is 6.42 Å². The van der Waals surface area contributed by atoms with Crippen LogP contribution in [0.15, 0.2) is 54.6 Å². The van der Waals surface area contributed by atoms with Crippen LogP contribution >= 0.6 is 12.4 Å². The molecule has 0 radical (unpaired) electrons. The van der Waals surface area contributed by atoms with Crippen molar-refractivity contribution in [1.29, 1.82) is 0 Å². The minimum Gasteiger partial charge on any atom is -0.506 e. The van der Waals surface area contributed by atoms with Crippen LogP contribution in [0.1, 0.15) is 18.9 Å². The Morgan fingerprint density at radius 1 is 1.00 bits per heavy atom. The van der Waals surface area contributed by atoms with Gasteiger partial charge in [0.25, 0.3) is 0 Å². The van der Waals surface area contributed by atoms with Gasteiger partial charge < -0.3 is 10.4 Å². The minimum absolute atomic E-state index is 0. The molecule has 0 aliphatic rings. The fraction of sp³-hybridized carbons (Fsp3) is 0.250. The summed E-state index contributed by atoms with van der Waals surface area (Å²) in [4.78, 5) is 0. The number of anilines is 1. The SMILES string of the molecule is CC(CCc1ccccc1)Nc1ccccc1O.Cl. The number of rotatable bonds is 5. The molecule has 0 amide bonds. The van der Waals surface area contributed by atoms with Crippen molar-refractivity contribution in [3.8, 4) is 5.75 Å². The molecule has 19 heavy (non-hydrogen) atoms. The van der Waals surface area contributed by atoms with E-state index in [0.29, 0.717) is 11.8 Å². The van der Waals surface area contributed by atoms with Gasteiger partial charge in [0.2, 0.25) is 0 Å². The van der Waals surface area contributed by atoms with E-state index in [2.05, 4.69) is 36.5 Å². The van der Waals surface area contributed by atoms with Crippen molar-refractivity contribution in [3.05, 3.63) is 60.2 Å². The summed E-state index contributed by atoms with van der Waals surface area (Å²) in [5, 5.41) is 13.0. The Kier molecular flexibility index (Phi) is 6.23. The number of phenolic OH excluding ortho intramolecular Hbond substituents is 1. The highest BCUT2D eigenvalue weighted by Gasteiger charge is 2.05. The molecule has 2 aromatic carbocycles. The van der Waals surface area contributed by atoms with Crippen LogP contribution in [0.5, 0.6) is 5.75 Å². The summed E-state index contributed by atoms with van der Waals surface area (Å²) >= 11 is 0. The largest absolute Gasteiger partial charge is 0.506 e. The van der Waals surface area contributed by atoms with Gasteiger partial charge in [-0.1, -0.05) is 42.5 Å². The molecule has 0 bridgehead atoms. The maximum Gasteiger partial charge on any atom is 0.138 e. The summed E-state index contributed by atoms with van der Waals surface area (Å²) in [6, 6.07) is 18.1. The predicted molar refractivity (Wildman–Crippen MR) is 83.2 cm³/mol. The number of hydrogen-bond donors (Lipinski definition) is 2. The van der Waals surface area contributed by atoms with E-state index < -0.39 is 0 Å². The third-order valence-electron chi connectivity index (χ3n) is 3.01. The molecular formula is C16H20ClNO. The first-order valence-corrected chi connectivity index (χ1v) is 6.34. The lowest BCUT2D eigenvalue weighted by Crippen LogP contribution is -2.15. The van der Waals surface area contributed by atoms with Crippen LogP contribution in [0.4, 0.5) is 5.69 Å². The van der Waals surface area contributed by atoms with E-state index in [0.717, 1.165) is 18.5 Å². The molecule has 2 nitrogen and oxygen atoms in total. The molecule has 2 aromatic rings. The highest BCUT2D eigenvalue weighted by Crippen LogP contribution is 2.23. The van der Waals surface area contributed by atoms with Gasteiger partial charge in [0.05, 0.1) is 5.69 Å². The van der Waals surface area contributed by atoms with E-state index in [1.165, 1.54) is 5.56 Å². The second-order valence-corrected chi connectivity index (χ2v) is 4.59. The molecule has 3 heteroatoms. The van der Waals surface area contributed by atoms with Gasteiger partial charge in [-0.3, -0.25) is 0 Å². The number of halogens is 1. The number of hydrogen-bond acceptors (Lipinski definition) is 2. The highest BCUT2D eigenvalue weighted by atomic mass is 35.5. The molecule has 0 saturated carbocycles. The molecule has 0 spiro atoms. The molecular weight excluding hydrogens is 258 g/mol. The molecule has 0 aromatic heterocycles. The Bertz CT molecular complexity index is 487. The van der Waals surface area contributed by atoms with Gasteiger partial charge in [0.1, 0.15) is 5.75 Å². The van der Waals surface area contributed by atoms with Crippen LogP contribution in [-0.4, -0.2) is 11.1 Å². The maximum absolute atomic E-state index is 9.68. The maximum atomic E-state index is 9.68. The van der Waals surface area contributed by atoms with Crippen molar-refractivity contribution >= 4 is 18.1 Å². The van der Waals surface area contributed by atoms with Gasteiger partial charge in [0, 0.05) is 6.04 Å². The zero-order valence-corrected chi connectivity index (χ0v) is 11.9. The first kappa shape index (κ1) is 15.4. The summed E-state index contributed by atoms with van der Waals surface area (Å²) in [7, 11) is 0. The van der Waals surface area contributed by atoms with Gasteiger partial charge in [-0.05, 0) is 37.5 Å². The predicted octanol–water partition coefficient (Wildman–Crippen LogP) is 4.25. The Morgan fingerprint density at radius 2 is 1.63 bits per heavy atom.